The molecule has 0 aliphatic heterocycles. The molecule has 20 heavy (non-hydrogen) atoms. The molecule has 0 saturated carbocycles. The summed E-state index contributed by atoms with van der Waals surface area (Å²) in [5, 5.41) is 9.01. The number of rotatable bonds is 6. The van der Waals surface area contributed by atoms with Crippen LogP contribution in [0.2, 0.25) is 0 Å². The summed E-state index contributed by atoms with van der Waals surface area (Å²) in [4.78, 5) is 0. The third-order valence-corrected chi connectivity index (χ3v) is 3.08. The zero-order valence-corrected chi connectivity index (χ0v) is 11.2. The Balaban J connectivity index is 2.12. The molecular formula is C16H18FNO2. The number of hydrogen-bond donors (Lipinski definition) is 2. The monoisotopic (exact) mass is 275 g/mol. The van der Waals surface area contributed by atoms with Gasteiger partial charge in [-0.3, -0.25) is 0 Å². The van der Waals surface area contributed by atoms with E-state index < -0.39 is 0 Å². The van der Waals surface area contributed by atoms with Crippen molar-refractivity contribution >= 4 is 0 Å². The van der Waals surface area contributed by atoms with E-state index in [-0.39, 0.29) is 19.0 Å². The van der Waals surface area contributed by atoms with E-state index in [1.165, 1.54) is 6.07 Å². The van der Waals surface area contributed by atoms with Gasteiger partial charge < -0.3 is 15.6 Å². The highest BCUT2D eigenvalue weighted by Crippen LogP contribution is 2.21. The molecule has 3 N–H and O–H groups in total. The van der Waals surface area contributed by atoms with Crippen LogP contribution in [0.1, 0.15) is 16.7 Å². The number of halogens is 1. The fourth-order valence-corrected chi connectivity index (χ4v) is 1.99. The molecule has 2 rings (SSSR count). The molecule has 0 aliphatic rings. The molecule has 0 radical (unpaired) electrons. The first-order valence-corrected chi connectivity index (χ1v) is 6.53. The molecule has 0 heterocycles. The van der Waals surface area contributed by atoms with Crippen molar-refractivity contribution in [2.75, 3.05) is 6.61 Å². The van der Waals surface area contributed by atoms with E-state index in [9.17, 15) is 4.39 Å². The summed E-state index contributed by atoms with van der Waals surface area (Å²) in [7, 11) is 0. The SMILES string of the molecule is NCc1ccc(F)c(COc2ccccc2CCO)c1. The van der Waals surface area contributed by atoms with Crippen LogP contribution in [0.15, 0.2) is 42.5 Å². The zero-order chi connectivity index (χ0) is 14.4. The summed E-state index contributed by atoms with van der Waals surface area (Å²) < 4.78 is 19.4. The minimum atomic E-state index is -0.304. The molecule has 0 unspecified atom stereocenters. The Morgan fingerprint density at radius 2 is 1.90 bits per heavy atom. The molecule has 0 spiro atoms. The van der Waals surface area contributed by atoms with Gasteiger partial charge in [0.25, 0.3) is 0 Å². The second-order valence-electron chi connectivity index (χ2n) is 4.50. The van der Waals surface area contributed by atoms with Crippen LogP contribution in [0.5, 0.6) is 5.75 Å². The largest absolute Gasteiger partial charge is 0.489 e. The van der Waals surface area contributed by atoms with Gasteiger partial charge in [0, 0.05) is 18.7 Å². The molecule has 2 aromatic rings. The van der Waals surface area contributed by atoms with Crippen molar-refractivity contribution in [2.24, 2.45) is 5.73 Å². The molecule has 3 nitrogen and oxygen atoms in total. The Kier molecular flexibility index (Phi) is 5.09. The standard InChI is InChI=1S/C16H18FNO2/c17-15-6-5-12(10-18)9-14(15)11-20-16-4-2-1-3-13(16)7-8-19/h1-6,9,19H,7-8,10-11,18H2. The predicted octanol–water partition coefficient (Wildman–Crippen LogP) is 2.40. The van der Waals surface area contributed by atoms with Gasteiger partial charge in [0.2, 0.25) is 0 Å². The highest BCUT2D eigenvalue weighted by Gasteiger charge is 2.07. The van der Waals surface area contributed by atoms with Gasteiger partial charge in [0.05, 0.1) is 0 Å². The van der Waals surface area contributed by atoms with Crippen LogP contribution in [-0.2, 0) is 19.6 Å². The summed E-state index contributed by atoms with van der Waals surface area (Å²) in [5.74, 6) is 0.362. The number of para-hydroxylation sites is 1. The molecule has 0 aromatic heterocycles. The summed E-state index contributed by atoms with van der Waals surface area (Å²) in [6.07, 6.45) is 0.515. The highest BCUT2D eigenvalue weighted by molar-refractivity contribution is 5.34. The number of aliphatic hydroxyl groups excluding tert-OH is 1. The van der Waals surface area contributed by atoms with Crippen molar-refractivity contribution in [2.45, 2.75) is 19.6 Å². The molecule has 0 aliphatic carbocycles. The first-order valence-electron chi connectivity index (χ1n) is 6.53. The average Bonchev–Trinajstić information content (AvgIpc) is 2.48. The van der Waals surface area contributed by atoms with Crippen molar-refractivity contribution in [3.63, 3.8) is 0 Å². The maximum atomic E-state index is 13.7. The van der Waals surface area contributed by atoms with E-state index in [2.05, 4.69) is 0 Å². The molecular weight excluding hydrogens is 257 g/mol. The van der Waals surface area contributed by atoms with E-state index in [0.29, 0.717) is 24.3 Å². The lowest BCUT2D eigenvalue weighted by Gasteiger charge is -2.12. The van der Waals surface area contributed by atoms with E-state index in [4.69, 9.17) is 15.6 Å². The van der Waals surface area contributed by atoms with Crippen LogP contribution in [0.4, 0.5) is 4.39 Å². The Bertz CT molecular complexity index is 572. The third kappa shape index (κ3) is 3.56. The third-order valence-electron chi connectivity index (χ3n) is 3.08. The average molecular weight is 275 g/mol. The van der Waals surface area contributed by atoms with Gasteiger partial charge >= 0.3 is 0 Å². The number of hydrogen-bond acceptors (Lipinski definition) is 3. The molecule has 2 aromatic carbocycles. The van der Waals surface area contributed by atoms with Crippen molar-refractivity contribution in [1.82, 2.24) is 0 Å². The number of aliphatic hydroxyl groups is 1. The van der Waals surface area contributed by atoms with Crippen molar-refractivity contribution in [3.8, 4) is 5.75 Å². The minimum Gasteiger partial charge on any atom is -0.489 e. The predicted molar refractivity (Wildman–Crippen MR) is 75.9 cm³/mol. The van der Waals surface area contributed by atoms with Crippen molar-refractivity contribution in [3.05, 3.63) is 65.0 Å². The van der Waals surface area contributed by atoms with Crippen LogP contribution in [0.3, 0.4) is 0 Å². The quantitative estimate of drug-likeness (QED) is 0.851. The number of benzene rings is 2. The number of nitrogens with two attached hydrogens (primary N) is 1. The zero-order valence-electron chi connectivity index (χ0n) is 11.2. The lowest BCUT2D eigenvalue weighted by Crippen LogP contribution is -2.04. The first-order chi connectivity index (χ1) is 9.74. The van der Waals surface area contributed by atoms with Crippen LogP contribution < -0.4 is 10.5 Å². The summed E-state index contributed by atoms with van der Waals surface area (Å²) in [5.41, 5.74) is 7.80. The smallest absolute Gasteiger partial charge is 0.129 e. The van der Waals surface area contributed by atoms with Crippen LogP contribution in [0.25, 0.3) is 0 Å². The highest BCUT2D eigenvalue weighted by atomic mass is 19.1. The van der Waals surface area contributed by atoms with Gasteiger partial charge in [-0.2, -0.15) is 0 Å². The van der Waals surface area contributed by atoms with E-state index >= 15 is 0 Å². The Labute approximate surface area is 117 Å². The number of ether oxygens (including phenoxy) is 1. The van der Waals surface area contributed by atoms with Crippen molar-refractivity contribution in [1.29, 1.82) is 0 Å². The topological polar surface area (TPSA) is 55.5 Å². The fourth-order valence-electron chi connectivity index (χ4n) is 1.99. The summed E-state index contributed by atoms with van der Waals surface area (Å²) >= 11 is 0. The van der Waals surface area contributed by atoms with Gasteiger partial charge in [0.1, 0.15) is 18.2 Å². The molecule has 106 valence electrons. The molecule has 0 fully saturated rings. The lowest BCUT2D eigenvalue weighted by molar-refractivity contribution is 0.281. The van der Waals surface area contributed by atoms with Gasteiger partial charge in [-0.1, -0.05) is 24.3 Å². The van der Waals surface area contributed by atoms with Gasteiger partial charge in [-0.15, -0.1) is 0 Å². The lowest BCUT2D eigenvalue weighted by atomic mass is 10.1. The van der Waals surface area contributed by atoms with Gasteiger partial charge in [-0.05, 0) is 35.7 Å². The maximum absolute atomic E-state index is 13.7. The van der Waals surface area contributed by atoms with Gasteiger partial charge in [0.15, 0.2) is 0 Å². The Morgan fingerprint density at radius 3 is 2.65 bits per heavy atom. The van der Waals surface area contributed by atoms with Crippen LogP contribution >= 0.6 is 0 Å². The molecule has 0 atom stereocenters. The normalized spacial score (nSPS) is 10.6. The van der Waals surface area contributed by atoms with Gasteiger partial charge in [-0.25, -0.2) is 4.39 Å². The Hall–Kier alpha value is -1.91. The Morgan fingerprint density at radius 1 is 1.10 bits per heavy atom. The fraction of sp³-hybridized carbons (Fsp3) is 0.250. The van der Waals surface area contributed by atoms with E-state index in [1.54, 1.807) is 12.1 Å². The van der Waals surface area contributed by atoms with Crippen LogP contribution in [0, 0.1) is 5.82 Å². The van der Waals surface area contributed by atoms with Crippen molar-refractivity contribution < 1.29 is 14.2 Å². The molecule has 0 bridgehead atoms. The second-order valence-corrected chi connectivity index (χ2v) is 4.50. The van der Waals surface area contributed by atoms with E-state index in [0.717, 1.165) is 11.1 Å². The second kappa shape index (κ2) is 7.03. The summed E-state index contributed by atoms with van der Waals surface area (Å²) in [6, 6.07) is 12.2. The molecule has 0 amide bonds. The molecule has 0 saturated heterocycles. The maximum Gasteiger partial charge on any atom is 0.129 e. The minimum absolute atomic E-state index is 0.0530. The van der Waals surface area contributed by atoms with E-state index in [1.807, 2.05) is 24.3 Å². The summed E-state index contributed by atoms with van der Waals surface area (Å²) in [6.45, 7) is 0.563. The molecule has 4 heteroatoms. The van der Waals surface area contributed by atoms with Crippen LogP contribution in [-0.4, -0.2) is 11.7 Å². The first kappa shape index (κ1) is 14.5.